The first kappa shape index (κ1) is 27.2. The van der Waals surface area contributed by atoms with Gasteiger partial charge in [-0.15, -0.1) is 10.2 Å². The standard InChI is InChI=1S/C27H31F2N5O4S/c1-5-33-26(37)22-24(36)23(35)19(25-31-30-21(39-25)12-16-6-7-17(28)13-20(16)29)14-34(22)32(4)27(33)10-8-18(9-11-27)38-15(2)3/h6-7,13-15,18,36H,5,8-12H2,1-4H3. The van der Waals surface area contributed by atoms with Crippen molar-refractivity contribution in [3.8, 4) is 16.3 Å². The average Bonchev–Trinajstić information content (AvgIpc) is 3.35. The molecule has 0 unspecified atom stereocenters. The van der Waals surface area contributed by atoms with E-state index in [0.29, 0.717) is 24.4 Å². The van der Waals surface area contributed by atoms with Gasteiger partial charge in [0.15, 0.2) is 16.5 Å². The SMILES string of the molecule is CCN1C(=O)c2c(O)c(=O)c(-c3nnc(Cc4ccc(F)cc4F)s3)cn2N(C)C12CCC(OC(C)C)CC2. The summed E-state index contributed by atoms with van der Waals surface area (Å²) < 4.78 is 35.0. The third-order valence-electron chi connectivity index (χ3n) is 7.61. The number of hydrogen-bond acceptors (Lipinski definition) is 8. The molecule has 0 saturated heterocycles. The van der Waals surface area contributed by atoms with E-state index in [1.165, 1.54) is 18.3 Å². The van der Waals surface area contributed by atoms with Crippen LogP contribution in [0, 0.1) is 11.6 Å². The molecule has 3 aromatic rings. The Morgan fingerprint density at radius 3 is 2.56 bits per heavy atom. The molecule has 39 heavy (non-hydrogen) atoms. The van der Waals surface area contributed by atoms with Crippen LogP contribution in [-0.4, -0.2) is 62.3 Å². The average molecular weight is 560 g/mol. The third-order valence-corrected chi connectivity index (χ3v) is 8.57. The van der Waals surface area contributed by atoms with E-state index < -0.39 is 34.4 Å². The third kappa shape index (κ3) is 4.69. The zero-order chi connectivity index (χ0) is 28.1. The summed E-state index contributed by atoms with van der Waals surface area (Å²) in [5, 5.41) is 21.7. The molecule has 1 N–H and O–H groups in total. The van der Waals surface area contributed by atoms with E-state index in [9.17, 15) is 23.5 Å². The second kappa shape index (κ2) is 10.3. The minimum Gasteiger partial charge on any atom is -0.502 e. The molecule has 2 aliphatic rings. The van der Waals surface area contributed by atoms with Crippen LogP contribution in [0.15, 0.2) is 29.2 Å². The highest BCUT2D eigenvalue weighted by atomic mass is 32.1. The monoisotopic (exact) mass is 559 g/mol. The lowest BCUT2D eigenvalue weighted by Gasteiger charge is -2.56. The molecule has 3 heterocycles. The zero-order valence-corrected chi connectivity index (χ0v) is 23.1. The van der Waals surface area contributed by atoms with Gasteiger partial charge >= 0.3 is 0 Å². The summed E-state index contributed by atoms with van der Waals surface area (Å²) in [4.78, 5) is 28.6. The van der Waals surface area contributed by atoms with Crippen LogP contribution in [0.5, 0.6) is 5.75 Å². The molecule has 12 heteroatoms. The van der Waals surface area contributed by atoms with Gasteiger partial charge in [0, 0.05) is 32.3 Å². The van der Waals surface area contributed by atoms with Crippen molar-refractivity contribution in [3.05, 3.63) is 62.5 Å². The Hall–Kier alpha value is -3.38. The van der Waals surface area contributed by atoms with Crippen molar-refractivity contribution in [1.29, 1.82) is 0 Å². The van der Waals surface area contributed by atoms with Crippen molar-refractivity contribution < 1.29 is 23.4 Å². The first-order valence-electron chi connectivity index (χ1n) is 13.0. The second-order valence-corrected chi connectivity index (χ2v) is 11.3. The van der Waals surface area contributed by atoms with Crippen molar-refractivity contribution in [2.75, 3.05) is 18.6 Å². The predicted octanol–water partition coefficient (Wildman–Crippen LogP) is 4.05. The first-order valence-corrected chi connectivity index (χ1v) is 13.8. The lowest BCUT2D eigenvalue weighted by Crippen LogP contribution is -2.70. The van der Waals surface area contributed by atoms with Gasteiger partial charge in [-0.1, -0.05) is 17.4 Å². The van der Waals surface area contributed by atoms with Gasteiger partial charge in [-0.2, -0.15) is 0 Å². The number of rotatable bonds is 6. The molecule has 2 aromatic heterocycles. The van der Waals surface area contributed by atoms with Gasteiger partial charge in [0.2, 0.25) is 5.43 Å². The first-order chi connectivity index (χ1) is 18.6. The molecule has 9 nitrogen and oxygen atoms in total. The van der Waals surface area contributed by atoms with Gasteiger partial charge in [0.05, 0.1) is 17.8 Å². The molecule has 1 fully saturated rings. The summed E-state index contributed by atoms with van der Waals surface area (Å²) in [6, 6.07) is 3.31. The number of halogens is 2. The van der Waals surface area contributed by atoms with Gasteiger partial charge in [-0.05, 0) is 58.1 Å². The summed E-state index contributed by atoms with van der Waals surface area (Å²) in [6.07, 6.45) is 4.64. The number of carbonyl (C=O) groups excluding carboxylic acids is 1. The topological polar surface area (TPSA) is 101 Å². The van der Waals surface area contributed by atoms with Crippen LogP contribution in [0.1, 0.15) is 67.5 Å². The molecule has 5 rings (SSSR count). The number of nitrogens with zero attached hydrogens (tertiary/aromatic N) is 5. The predicted molar refractivity (Wildman–Crippen MR) is 142 cm³/mol. The van der Waals surface area contributed by atoms with Crippen LogP contribution < -0.4 is 10.4 Å². The molecule has 1 saturated carbocycles. The molecule has 1 amide bonds. The molecule has 1 aliphatic carbocycles. The molecule has 208 valence electrons. The number of benzene rings is 1. The normalized spacial score (nSPS) is 21.2. The van der Waals surface area contributed by atoms with Gasteiger partial charge in [-0.25, -0.2) is 8.78 Å². The van der Waals surface area contributed by atoms with Crippen molar-refractivity contribution in [2.45, 2.75) is 70.7 Å². The molecule has 0 bridgehead atoms. The summed E-state index contributed by atoms with van der Waals surface area (Å²) >= 11 is 1.07. The fourth-order valence-corrected chi connectivity index (χ4v) is 6.61. The number of pyridine rings is 1. The van der Waals surface area contributed by atoms with Crippen LogP contribution in [0.25, 0.3) is 10.6 Å². The van der Waals surface area contributed by atoms with Crippen molar-refractivity contribution in [2.24, 2.45) is 0 Å². The lowest BCUT2D eigenvalue weighted by atomic mass is 9.84. The maximum Gasteiger partial charge on any atom is 0.278 e. The van der Waals surface area contributed by atoms with Crippen LogP contribution in [0.2, 0.25) is 0 Å². The smallest absolute Gasteiger partial charge is 0.278 e. The second-order valence-electron chi connectivity index (χ2n) is 10.3. The summed E-state index contributed by atoms with van der Waals surface area (Å²) in [5.41, 5.74) is -1.16. The van der Waals surface area contributed by atoms with E-state index in [2.05, 4.69) is 10.2 Å². The fourth-order valence-electron chi connectivity index (χ4n) is 5.74. The lowest BCUT2D eigenvalue weighted by molar-refractivity contribution is -0.0536. The maximum atomic E-state index is 14.2. The van der Waals surface area contributed by atoms with Gasteiger partial charge in [0.25, 0.3) is 5.91 Å². The number of aromatic nitrogens is 3. The van der Waals surface area contributed by atoms with E-state index in [-0.39, 0.29) is 40.5 Å². The minimum absolute atomic E-state index is 0.0641. The number of aromatic hydroxyl groups is 1. The highest BCUT2D eigenvalue weighted by Crippen LogP contribution is 2.41. The quantitative estimate of drug-likeness (QED) is 0.486. The van der Waals surface area contributed by atoms with E-state index in [1.807, 2.05) is 32.8 Å². The highest BCUT2D eigenvalue weighted by molar-refractivity contribution is 7.14. The number of fused-ring (bicyclic) bond motifs is 1. The molecule has 1 aromatic carbocycles. The number of ether oxygens (including phenoxy) is 1. The molecule has 1 aliphatic heterocycles. The molecule has 0 radical (unpaired) electrons. The van der Waals surface area contributed by atoms with Gasteiger partial charge < -0.3 is 14.7 Å². The molecule has 0 atom stereocenters. The van der Waals surface area contributed by atoms with Crippen molar-refractivity contribution in [3.63, 3.8) is 0 Å². The van der Waals surface area contributed by atoms with Crippen molar-refractivity contribution >= 4 is 17.2 Å². The van der Waals surface area contributed by atoms with Crippen LogP contribution in [0.4, 0.5) is 8.78 Å². The van der Waals surface area contributed by atoms with E-state index >= 15 is 0 Å². The zero-order valence-electron chi connectivity index (χ0n) is 22.3. The van der Waals surface area contributed by atoms with Crippen molar-refractivity contribution in [1.82, 2.24) is 19.8 Å². The number of hydrogen-bond donors (Lipinski definition) is 1. The van der Waals surface area contributed by atoms with E-state index in [0.717, 1.165) is 30.2 Å². The molecule has 1 spiro atoms. The van der Waals surface area contributed by atoms with Crippen LogP contribution in [-0.2, 0) is 11.2 Å². The Morgan fingerprint density at radius 2 is 1.92 bits per heavy atom. The fraction of sp³-hybridized carbons (Fsp3) is 0.481. The Balaban J connectivity index is 1.51. The molecular formula is C27H31F2N5O4S. The van der Waals surface area contributed by atoms with E-state index in [1.54, 1.807) is 9.58 Å². The Morgan fingerprint density at radius 1 is 1.21 bits per heavy atom. The van der Waals surface area contributed by atoms with Crippen LogP contribution >= 0.6 is 11.3 Å². The minimum atomic E-state index is -0.736. The van der Waals surface area contributed by atoms with Gasteiger partial charge in [0.1, 0.15) is 22.3 Å². The number of amides is 1. The molecular weight excluding hydrogens is 528 g/mol. The van der Waals surface area contributed by atoms with E-state index in [4.69, 9.17) is 4.74 Å². The Bertz CT molecular complexity index is 1460. The summed E-state index contributed by atoms with van der Waals surface area (Å²) in [6.45, 7) is 6.31. The van der Waals surface area contributed by atoms with Crippen LogP contribution in [0.3, 0.4) is 0 Å². The highest BCUT2D eigenvalue weighted by Gasteiger charge is 2.51. The Labute approximate surface area is 228 Å². The maximum absolute atomic E-state index is 14.2. The number of carbonyl (C=O) groups is 1. The summed E-state index contributed by atoms with van der Waals surface area (Å²) in [5.74, 6) is -2.44. The largest absolute Gasteiger partial charge is 0.502 e. The summed E-state index contributed by atoms with van der Waals surface area (Å²) in [7, 11) is 1.85. The Kier molecular flexibility index (Phi) is 7.19. The van der Waals surface area contributed by atoms with Gasteiger partial charge in [-0.3, -0.25) is 19.3 Å².